The third-order valence-electron chi connectivity index (χ3n) is 1.84. The molecule has 0 saturated heterocycles. The van der Waals surface area contributed by atoms with Gasteiger partial charge in [0, 0.05) is 6.20 Å². The Hall–Kier alpha value is -1.87. The first-order valence-electron chi connectivity index (χ1n) is 4.61. The van der Waals surface area contributed by atoms with Crippen LogP contribution in [-0.2, 0) is 0 Å². The predicted molar refractivity (Wildman–Crippen MR) is 50.9 cm³/mol. The van der Waals surface area contributed by atoms with E-state index < -0.39 is 18.1 Å². The highest BCUT2D eigenvalue weighted by molar-refractivity contribution is 5.76. The molecular formula is C9H6F7N3. The van der Waals surface area contributed by atoms with E-state index in [1.165, 1.54) is 24.4 Å². The lowest BCUT2D eigenvalue weighted by atomic mass is 10.3. The lowest BCUT2D eigenvalue weighted by Gasteiger charge is -2.27. The Morgan fingerprint density at radius 1 is 1.05 bits per heavy atom. The van der Waals surface area contributed by atoms with Gasteiger partial charge < -0.3 is 0 Å². The smallest absolute Gasteiger partial charge is 0.255 e. The Labute approximate surface area is 102 Å². The molecule has 1 aromatic rings. The van der Waals surface area contributed by atoms with Gasteiger partial charge in [-0.15, -0.1) is 0 Å². The zero-order chi connectivity index (χ0) is 14.7. The van der Waals surface area contributed by atoms with Gasteiger partial charge in [-0.1, -0.05) is 6.07 Å². The SMILES string of the molecule is FC(F)(F)C(F)(F)C(F)(F)N/N=C/c1ccccn1. The van der Waals surface area contributed by atoms with Crippen molar-refractivity contribution in [3.05, 3.63) is 30.1 Å². The van der Waals surface area contributed by atoms with Crippen LogP contribution in [0.3, 0.4) is 0 Å². The minimum absolute atomic E-state index is 0.00104. The van der Waals surface area contributed by atoms with Gasteiger partial charge in [0.05, 0.1) is 11.9 Å². The average molecular weight is 289 g/mol. The molecule has 1 heterocycles. The van der Waals surface area contributed by atoms with Crippen LogP contribution in [0.4, 0.5) is 30.7 Å². The Bertz CT molecular complexity index is 441. The zero-order valence-electron chi connectivity index (χ0n) is 8.93. The standard InChI is InChI=1S/C9H6F7N3/c10-7(11,8(12,13)14)9(15,16)19-18-5-6-3-1-2-4-17-6/h1-5,19H/b18-5+. The van der Waals surface area contributed by atoms with Crippen LogP contribution in [0.1, 0.15) is 5.69 Å². The molecule has 1 N–H and O–H groups in total. The number of aromatic nitrogens is 1. The van der Waals surface area contributed by atoms with E-state index in [9.17, 15) is 30.7 Å². The maximum absolute atomic E-state index is 12.7. The Balaban J connectivity index is 2.78. The van der Waals surface area contributed by atoms with Crippen LogP contribution in [0.25, 0.3) is 0 Å². The highest BCUT2D eigenvalue weighted by Gasteiger charge is 2.73. The Kier molecular flexibility index (Phi) is 4.01. The second-order valence-corrected chi connectivity index (χ2v) is 3.27. The van der Waals surface area contributed by atoms with Crippen molar-refractivity contribution in [1.29, 1.82) is 0 Å². The van der Waals surface area contributed by atoms with Crippen LogP contribution < -0.4 is 5.43 Å². The minimum atomic E-state index is -6.40. The van der Waals surface area contributed by atoms with Crippen molar-refractivity contribution in [2.24, 2.45) is 5.10 Å². The second kappa shape index (κ2) is 5.02. The van der Waals surface area contributed by atoms with Crippen molar-refractivity contribution >= 4 is 6.21 Å². The summed E-state index contributed by atoms with van der Waals surface area (Å²) < 4.78 is 85.4. The van der Waals surface area contributed by atoms with Gasteiger partial charge in [0.15, 0.2) is 0 Å². The summed E-state index contributed by atoms with van der Waals surface area (Å²) in [7, 11) is 0. The molecule has 0 aliphatic rings. The monoisotopic (exact) mass is 289 g/mol. The van der Waals surface area contributed by atoms with Crippen molar-refractivity contribution in [3.8, 4) is 0 Å². The molecule has 0 amide bonds. The van der Waals surface area contributed by atoms with Gasteiger partial charge in [0.25, 0.3) is 0 Å². The highest BCUT2D eigenvalue weighted by atomic mass is 19.4. The molecule has 10 heteroatoms. The molecule has 1 rings (SSSR count). The van der Waals surface area contributed by atoms with Crippen molar-refractivity contribution in [1.82, 2.24) is 10.4 Å². The van der Waals surface area contributed by atoms with Crippen LogP contribution in [0.5, 0.6) is 0 Å². The molecule has 0 bridgehead atoms. The summed E-state index contributed by atoms with van der Waals surface area (Å²) in [6.45, 7) is 0. The van der Waals surface area contributed by atoms with Crippen molar-refractivity contribution < 1.29 is 30.7 Å². The van der Waals surface area contributed by atoms with E-state index >= 15 is 0 Å². The van der Waals surface area contributed by atoms with E-state index in [2.05, 4.69) is 10.1 Å². The summed E-state index contributed by atoms with van der Waals surface area (Å²) in [6.07, 6.45) is -4.56. The highest BCUT2D eigenvalue weighted by Crippen LogP contribution is 2.44. The van der Waals surface area contributed by atoms with Crippen LogP contribution in [0.2, 0.25) is 0 Å². The molecule has 0 radical (unpaired) electrons. The van der Waals surface area contributed by atoms with Gasteiger partial charge in [-0.2, -0.15) is 35.8 Å². The Morgan fingerprint density at radius 3 is 2.16 bits per heavy atom. The lowest BCUT2D eigenvalue weighted by molar-refractivity contribution is -0.361. The van der Waals surface area contributed by atoms with E-state index in [0.717, 1.165) is 0 Å². The Morgan fingerprint density at radius 2 is 1.68 bits per heavy atom. The van der Waals surface area contributed by atoms with E-state index in [1.54, 1.807) is 0 Å². The number of hydrazone groups is 1. The van der Waals surface area contributed by atoms with Gasteiger partial charge in [0.2, 0.25) is 0 Å². The fourth-order valence-electron chi connectivity index (χ4n) is 0.880. The van der Waals surface area contributed by atoms with Crippen LogP contribution >= 0.6 is 0 Å². The van der Waals surface area contributed by atoms with Crippen molar-refractivity contribution in [3.63, 3.8) is 0 Å². The summed E-state index contributed by atoms with van der Waals surface area (Å²) in [4.78, 5) is 3.57. The van der Waals surface area contributed by atoms with E-state index in [0.29, 0.717) is 11.6 Å². The third kappa shape index (κ3) is 3.32. The molecule has 0 spiro atoms. The molecule has 0 aliphatic heterocycles. The van der Waals surface area contributed by atoms with E-state index in [1.807, 2.05) is 0 Å². The van der Waals surface area contributed by atoms with Crippen LogP contribution in [-0.4, -0.2) is 29.3 Å². The maximum atomic E-state index is 12.7. The summed E-state index contributed by atoms with van der Waals surface area (Å²) in [5.74, 6) is -6.25. The summed E-state index contributed by atoms with van der Waals surface area (Å²) in [5.41, 5.74) is 0.481. The predicted octanol–water partition coefficient (Wildman–Crippen LogP) is 2.80. The van der Waals surface area contributed by atoms with E-state index in [-0.39, 0.29) is 5.69 Å². The van der Waals surface area contributed by atoms with E-state index in [4.69, 9.17) is 0 Å². The fraction of sp³-hybridized carbons (Fsp3) is 0.333. The third-order valence-corrected chi connectivity index (χ3v) is 1.84. The van der Waals surface area contributed by atoms with Gasteiger partial charge in [0.1, 0.15) is 0 Å². The number of rotatable bonds is 4. The van der Waals surface area contributed by atoms with Crippen molar-refractivity contribution in [2.75, 3.05) is 0 Å². The molecule has 0 aliphatic carbocycles. The lowest BCUT2D eigenvalue weighted by Crippen LogP contribution is -2.58. The molecule has 0 saturated carbocycles. The largest absolute Gasteiger partial charge is 0.462 e. The molecule has 0 fully saturated rings. The van der Waals surface area contributed by atoms with Gasteiger partial charge in [-0.05, 0) is 12.1 Å². The average Bonchev–Trinajstić information content (AvgIpc) is 2.28. The second-order valence-electron chi connectivity index (χ2n) is 3.27. The first-order chi connectivity index (χ1) is 8.58. The molecular weight excluding hydrogens is 283 g/mol. The van der Waals surface area contributed by atoms with Crippen LogP contribution in [0, 0.1) is 0 Å². The molecule has 0 aromatic carbocycles. The maximum Gasteiger partial charge on any atom is 0.462 e. The summed E-state index contributed by atoms with van der Waals surface area (Å²) in [5, 5.41) is 2.63. The number of hydrogen-bond acceptors (Lipinski definition) is 3. The normalized spacial score (nSPS) is 13.8. The molecule has 1 aromatic heterocycles. The summed E-state index contributed by atoms with van der Waals surface area (Å²) in [6, 6.07) is -1.37. The molecule has 19 heavy (non-hydrogen) atoms. The summed E-state index contributed by atoms with van der Waals surface area (Å²) >= 11 is 0. The number of pyridine rings is 1. The topological polar surface area (TPSA) is 37.3 Å². The van der Waals surface area contributed by atoms with Gasteiger partial charge in [-0.25, -0.2) is 5.43 Å². The first kappa shape index (κ1) is 15.2. The molecule has 0 unspecified atom stereocenters. The number of halogens is 7. The van der Waals surface area contributed by atoms with Gasteiger partial charge in [-0.3, -0.25) is 4.98 Å². The number of nitrogens with zero attached hydrogens (tertiary/aromatic N) is 2. The number of hydrogen-bond donors (Lipinski definition) is 1. The minimum Gasteiger partial charge on any atom is -0.255 e. The van der Waals surface area contributed by atoms with Gasteiger partial charge >= 0.3 is 18.1 Å². The molecule has 106 valence electrons. The number of nitrogens with one attached hydrogen (secondary N) is 1. The molecule has 3 nitrogen and oxygen atoms in total. The first-order valence-corrected chi connectivity index (χ1v) is 4.61. The molecule has 0 atom stereocenters. The fourth-order valence-corrected chi connectivity index (χ4v) is 0.880. The number of alkyl halides is 7. The quantitative estimate of drug-likeness (QED) is 0.400. The van der Waals surface area contributed by atoms with Crippen molar-refractivity contribution in [2.45, 2.75) is 18.1 Å². The van der Waals surface area contributed by atoms with Crippen LogP contribution in [0.15, 0.2) is 29.5 Å². The zero-order valence-corrected chi connectivity index (χ0v) is 8.93.